The quantitative estimate of drug-likeness (QED) is 0.777. The summed E-state index contributed by atoms with van der Waals surface area (Å²) in [4.78, 5) is 13.8. The fraction of sp³-hybridized carbons (Fsp3) is 0.278. The molecule has 0 spiro atoms. The second kappa shape index (κ2) is 8.62. The summed E-state index contributed by atoms with van der Waals surface area (Å²) in [6.45, 7) is 1.83. The molecule has 0 aromatic heterocycles. The number of hydrogen-bond donors (Lipinski definition) is 1. The highest BCUT2D eigenvalue weighted by Crippen LogP contribution is 2.21. The number of benzene rings is 2. The topological polar surface area (TPSA) is 66.5 Å². The van der Waals surface area contributed by atoms with E-state index in [9.17, 15) is 17.6 Å². The predicted octanol–water partition coefficient (Wildman–Crippen LogP) is 3.37. The van der Waals surface area contributed by atoms with E-state index in [0.29, 0.717) is 5.02 Å². The van der Waals surface area contributed by atoms with Crippen LogP contribution in [0.5, 0.6) is 0 Å². The maximum Gasteiger partial charge on any atom is 0.240 e. The van der Waals surface area contributed by atoms with Crippen molar-refractivity contribution in [1.82, 2.24) is 9.62 Å². The van der Waals surface area contributed by atoms with Crippen molar-refractivity contribution < 1.29 is 17.6 Å². The first-order valence-corrected chi connectivity index (χ1v) is 9.83. The highest BCUT2D eigenvalue weighted by atomic mass is 35.5. The van der Waals surface area contributed by atoms with E-state index in [4.69, 9.17) is 11.6 Å². The van der Waals surface area contributed by atoms with Crippen LogP contribution in [0.3, 0.4) is 0 Å². The molecule has 5 nitrogen and oxygen atoms in total. The minimum Gasteiger partial charge on any atom is -0.339 e. The van der Waals surface area contributed by atoms with Gasteiger partial charge in [-0.3, -0.25) is 4.79 Å². The fourth-order valence-electron chi connectivity index (χ4n) is 2.35. The van der Waals surface area contributed by atoms with Gasteiger partial charge in [0.15, 0.2) is 0 Å². The van der Waals surface area contributed by atoms with E-state index in [1.165, 1.54) is 12.1 Å². The van der Waals surface area contributed by atoms with Crippen LogP contribution in [0.25, 0.3) is 0 Å². The number of nitrogens with one attached hydrogen (secondary N) is 1. The van der Waals surface area contributed by atoms with E-state index in [-0.39, 0.29) is 29.8 Å². The Kier molecular flexibility index (Phi) is 6.75. The van der Waals surface area contributed by atoms with Crippen LogP contribution < -0.4 is 4.72 Å². The summed E-state index contributed by atoms with van der Waals surface area (Å²) in [5, 5.41) is 0.616. The minimum atomic E-state index is -3.78. The monoisotopic (exact) mass is 398 g/mol. The lowest BCUT2D eigenvalue weighted by atomic mass is 10.1. The molecule has 2 aromatic rings. The third-order valence-electron chi connectivity index (χ3n) is 4.08. The van der Waals surface area contributed by atoms with Crippen LogP contribution in [-0.4, -0.2) is 32.8 Å². The summed E-state index contributed by atoms with van der Waals surface area (Å²) in [6, 6.07) is 11.5. The van der Waals surface area contributed by atoms with Gasteiger partial charge < -0.3 is 4.90 Å². The SMILES string of the molecule is CC(c1ccc(Cl)cc1)N(C)C(=O)CCNS(=O)(=O)c1ccc(F)cc1. The van der Waals surface area contributed by atoms with Crippen LogP contribution >= 0.6 is 11.6 Å². The van der Waals surface area contributed by atoms with E-state index in [1.807, 2.05) is 19.1 Å². The van der Waals surface area contributed by atoms with Gasteiger partial charge >= 0.3 is 0 Å². The first kappa shape index (κ1) is 20.4. The summed E-state index contributed by atoms with van der Waals surface area (Å²) in [5.74, 6) is -0.716. The van der Waals surface area contributed by atoms with Crippen molar-refractivity contribution in [2.45, 2.75) is 24.3 Å². The van der Waals surface area contributed by atoms with Crippen molar-refractivity contribution in [1.29, 1.82) is 0 Å². The standard InChI is InChI=1S/C18H20ClFN2O3S/c1-13(14-3-5-15(19)6-4-14)22(2)18(23)11-12-21-26(24,25)17-9-7-16(20)8-10-17/h3-10,13,21H,11-12H2,1-2H3. The molecule has 0 bridgehead atoms. The van der Waals surface area contributed by atoms with Gasteiger partial charge in [0, 0.05) is 25.0 Å². The maximum atomic E-state index is 12.9. The molecule has 2 rings (SSSR count). The van der Waals surface area contributed by atoms with Gasteiger partial charge in [-0.1, -0.05) is 23.7 Å². The number of hydrogen-bond acceptors (Lipinski definition) is 3. The number of amides is 1. The summed E-state index contributed by atoms with van der Waals surface area (Å²) in [6.07, 6.45) is 0.00878. The molecule has 0 aliphatic carbocycles. The molecule has 26 heavy (non-hydrogen) atoms. The molecule has 1 unspecified atom stereocenters. The second-order valence-corrected chi connectivity index (χ2v) is 8.04. The molecule has 2 aromatic carbocycles. The second-order valence-electron chi connectivity index (χ2n) is 5.83. The lowest BCUT2D eigenvalue weighted by Gasteiger charge is -2.25. The van der Waals surface area contributed by atoms with E-state index in [1.54, 1.807) is 24.1 Å². The average Bonchev–Trinajstić information content (AvgIpc) is 2.61. The third kappa shape index (κ3) is 5.27. The molecule has 0 saturated carbocycles. The summed E-state index contributed by atoms with van der Waals surface area (Å²) >= 11 is 5.86. The zero-order valence-electron chi connectivity index (χ0n) is 14.4. The van der Waals surface area contributed by atoms with Gasteiger partial charge in [0.25, 0.3) is 0 Å². The van der Waals surface area contributed by atoms with Gasteiger partial charge in [-0.15, -0.1) is 0 Å². The van der Waals surface area contributed by atoms with Crippen molar-refractivity contribution in [3.63, 3.8) is 0 Å². The number of carbonyl (C=O) groups is 1. The first-order chi connectivity index (χ1) is 12.2. The van der Waals surface area contributed by atoms with Crippen LogP contribution in [0, 0.1) is 5.82 Å². The fourth-order valence-corrected chi connectivity index (χ4v) is 3.50. The Hall–Kier alpha value is -1.96. The zero-order valence-corrected chi connectivity index (χ0v) is 16.0. The number of nitrogens with zero attached hydrogens (tertiary/aromatic N) is 1. The van der Waals surface area contributed by atoms with Crippen LogP contribution in [-0.2, 0) is 14.8 Å². The predicted molar refractivity (Wildman–Crippen MR) is 98.8 cm³/mol. The molecule has 0 aliphatic rings. The van der Waals surface area contributed by atoms with Crippen molar-refractivity contribution in [3.8, 4) is 0 Å². The van der Waals surface area contributed by atoms with Crippen LogP contribution in [0.1, 0.15) is 24.9 Å². The number of sulfonamides is 1. The molecule has 0 aliphatic heterocycles. The molecule has 140 valence electrons. The number of carbonyl (C=O) groups excluding carboxylic acids is 1. The maximum absolute atomic E-state index is 12.9. The van der Waals surface area contributed by atoms with Crippen LogP contribution in [0.4, 0.5) is 4.39 Å². The molecule has 1 N–H and O–H groups in total. The molecule has 0 fully saturated rings. The Labute approximate surface area is 157 Å². The van der Waals surface area contributed by atoms with Crippen molar-refractivity contribution in [3.05, 3.63) is 64.9 Å². The number of halogens is 2. The Morgan fingerprint density at radius 3 is 2.31 bits per heavy atom. The van der Waals surface area contributed by atoms with Gasteiger partial charge in [-0.2, -0.15) is 0 Å². The molecular formula is C18H20ClFN2O3S. The Morgan fingerprint density at radius 1 is 1.15 bits per heavy atom. The normalized spacial score (nSPS) is 12.6. The average molecular weight is 399 g/mol. The van der Waals surface area contributed by atoms with Crippen LogP contribution in [0.15, 0.2) is 53.4 Å². The molecule has 0 radical (unpaired) electrons. The van der Waals surface area contributed by atoms with Gasteiger partial charge in [0.1, 0.15) is 5.82 Å². The van der Waals surface area contributed by atoms with Gasteiger partial charge in [-0.25, -0.2) is 17.5 Å². The Morgan fingerprint density at radius 2 is 1.73 bits per heavy atom. The lowest BCUT2D eigenvalue weighted by Crippen LogP contribution is -2.33. The van der Waals surface area contributed by atoms with E-state index in [0.717, 1.165) is 17.7 Å². The summed E-state index contributed by atoms with van der Waals surface area (Å²) in [7, 11) is -2.11. The molecular weight excluding hydrogens is 379 g/mol. The van der Waals surface area contributed by atoms with E-state index in [2.05, 4.69) is 4.72 Å². The van der Waals surface area contributed by atoms with Crippen molar-refractivity contribution >= 4 is 27.5 Å². The molecule has 8 heteroatoms. The Bertz CT molecular complexity index is 855. The lowest BCUT2D eigenvalue weighted by molar-refractivity contribution is -0.131. The molecule has 1 amide bonds. The molecule has 1 atom stereocenters. The highest BCUT2D eigenvalue weighted by Gasteiger charge is 2.19. The van der Waals surface area contributed by atoms with Gasteiger partial charge in [-0.05, 0) is 48.9 Å². The largest absolute Gasteiger partial charge is 0.339 e. The van der Waals surface area contributed by atoms with Gasteiger partial charge in [0.2, 0.25) is 15.9 Å². The molecule has 0 heterocycles. The minimum absolute atomic E-state index is 0.00878. The smallest absolute Gasteiger partial charge is 0.240 e. The Balaban J connectivity index is 1.91. The summed E-state index contributed by atoms with van der Waals surface area (Å²) < 4.78 is 39.5. The van der Waals surface area contributed by atoms with E-state index < -0.39 is 15.8 Å². The number of rotatable bonds is 7. The van der Waals surface area contributed by atoms with Gasteiger partial charge in [0.05, 0.1) is 10.9 Å². The zero-order chi connectivity index (χ0) is 19.3. The summed E-state index contributed by atoms with van der Waals surface area (Å²) in [5.41, 5.74) is 0.928. The third-order valence-corrected chi connectivity index (χ3v) is 5.81. The van der Waals surface area contributed by atoms with Crippen LogP contribution in [0.2, 0.25) is 5.02 Å². The van der Waals surface area contributed by atoms with E-state index >= 15 is 0 Å². The van der Waals surface area contributed by atoms with Crippen molar-refractivity contribution in [2.75, 3.05) is 13.6 Å². The molecule has 0 saturated heterocycles. The highest BCUT2D eigenvalue weighted by molar-refractivity contribution is 7.89. The van der Waals surface area contributed by atoms with Crippen molar-refractivity contribution in [2.24, 2.45) is 0 Å². The first-order valence-electron chi connectivity index (χ1n) is 7.97.